The molecule has 0 amide bonds. The topological polar surface area (TPSA) is 30.5 Å². The summed E-state index contributed by atoms with van der Waals surface area (Å²) in [5.74, 6) is 2.36. The van der Waals surface area contributed by atoms with Crippen LogP contribution in [0.5, 0.6) is 11.5 Å². The summed E-state index contributed by atoms with van der Waals surface area (Å²) in [6.45, 7) is 4.95. The van der Waals surface area contributed by atoms with E-state index in [2.05, 4.69) is 18.3 Å². The molecule has 0 spiro atoms. The van der Waals surface area contributed by atoms with Crippen LogP contribution in [0.15, 0.2) is 18.2 Å². The van der Waals surface area contributed by atoms with Gasteiger partial charge in [0.1, 0.15) is 0 Å². The van der Waals surface area contributed by atoms with Gasteiger partial charge in [-0.1, -0.05) is 13.3 Å². The number of anilines is 1. The number of nitrogens with one attached hydrogen (secondary N) is 1. The standard InChI is InChI=1S/C15H23NO2/c1-4-18-15-10-12(8-9-14(15)17-3)16-13-7-5-6-11(13)2/h8-11,13,16H,4-7H2,1-3H3. The van der Waals surface area contributed by atoms with E-state index < -0.39 is 0 Å². The van der Waals surface area contributed by atoms with Gasteiger partial charge in [-0.25, -0.2) is 0 Å². The molecule has 2 atom stereocenters. The van der Waals surface area contributed by atoms with E-state index in [0.29, 0.717) is 12.6 Å². The molecule has 18 heavy (non-hydrogen) atoms. The number of ether oxygens (including phenoxy) is 2. The van der Waals surface area contributed by atoms with E-state index >= 15 is 0 Å². The molecule has 1 aliphatic rings. The molecule has 3 heteroatoms. The van der Waals surface area contributed by atoms with Gasteiger partial charge in [-0.05, 0) is 37.8 Å². The Balaban J connectivity index is 2.10. The first-order chi connectivity index (χ1) is 8.74. The molecule has 1 N–H and O–H groups in total. The van der Waals surface area contributed by atoms with Crippen molar-refractivity contribution in [3.8, 4) is 11.5 Å². The van der Waals surface area contributed by atoms with Gasteiger partial charge in [-0.2, -0.15) is 0 Å². The molecule has 0 saturated heterocycles. The summed E-state index contributed by atoms with van der Waals surface area (Å²) in [5.41, 5.74) is 1.12. The van der Waals surface area contributed by atoms with E-state index in [4.69, 9.17) is 9.47 Å². The van der Waals surface area contributed by atoms with Crippen LogP contribution in [0.4, 0.5) is 5.69 Å². The Morgan fingerprint density at radius 3 is 2.72 bits per heavy atom. The number of benzene rings is 1. The van der Waals surface area contributed by atoms with Crippen molar-refractivity contribution < 1.29 is 9.47 Å². The zero-order valence-electron chi connectivity index (χ0n) is 11.5. The third-order valence-corrected chi connectivity index (χ3v) is 3.68. The predicted octanol–water partition coefficient (Wildman–Crippen LogP) is 3.69. The van der Waals surface area contributed by atoms with E-state index in [1.165, 1.54) is 19.3 Å². The highest BCUT2D eigenvalue weighted by atomic mass is 16.5. The Bertz CT molecular complexity index is 392. The van der Waals surface area contributed by atoms with Gasteiger partial charge >= 0.3 is 0 Å². The maximum atomic E-state index is 5.59. The van der Waals surface area contributed by atoms with Gasteiger partial charge in [-0.3, -0.25) is 0 Å². The van der Waals surface area contributed by atoms with Crippen LogP contribution >= 0.6 is 0 Å². The molecule has 100 valence electrons. The summed E-state index contributed by atoms with van der Waals surface area (Å²) in [6.07, 6.45) is 3.91. The Morgan fingerprint density at radius 1 is 1.28 bits per heavy atom. The smallest absolute Gasteiger partial charge is 0.163 e. The Labute approximate surface area is 109 Å². The highest BCUT2D eigenvalue weighted by Crippen LogP contribution is 2.33. The monoisotopic (exact) mass is 249 g/mol. The van der Waals surface area contributed by atoms with E-state index in [-0.39, 0.29) is 0 Å². The minimum Gasteiger partial charge on any atom is -0.493 e. The molecular formula is C15H23NO2. The molecule has 1 fully saturated rings. The van der Waals surface area contributed by atoms with Crippen molar-refractivity contribution in [1.29, 1.82) is 0 Å². The lowest BCUT2D eigenvalue weighted by Gasteiger charge is -2.20. The molecule has 0 aliphatic heterocycles. The molecular weight excluding hydrogens is 226 g/mol. The van der Waals surface area contributed by atoms with Crippen LogP contribution in [0, 0.1) is 5.92 Å². The fraction of sp³-hybridized carbons (Fsp3) is 0.600. The Kier molecular flexibility index (Phi) is 4.34. The molecule has 1 aliphatic carbocycles. The number of hydrogen-bond acceptors (Lipinski definition) is 3. The maximum Gasteiger partial charge on any atom is 0.163 e. The van der Waals surface area contributed by atoms with Crippen LogP contribution < -0.4 is 14.8 Å². The Morgan fingerprint density at radius 2 is 2.11 bits per heavy atom. The third kappa shape index (κ3) is 2.89. The second-order valence-corrected chi connectivity index (χ2v) is 4.96. The second-order valence-electron chi connectivity index (χ2n) is 4.96. The van der Waals surface area contributed by atoms with Crippen LogP contribution in [-0.4, -0.2) is 19.8 Å². The molecule has 1 aromatic rings. The summed E-state index contributed by atoms with van der Waals surface area (Å²) < 4.78 is 10.9. The fourth-order valence-electron chi connectivity index (χ4n) is 2.61. The van der Waals surface area contributed by atoms with Gasteiger partial charge in [0, 0.05) is 17.8 Å². The van der Waals surface area contributed by atoms with Crippen molar-refractivity contribution >= 4 is 5.69 Å². The number of hydrogen-bond donors (Lipinski definition) is 1. The Hall–Kier alpha value is -1.38. The van der Waals surface area contributed by atoms with Crippen molar-refractivity contribution in [1.82, 2.24) is 0 Å². The van der Waals surface area contributed by atoms with E-state index in [1.54, 1.807) is 7.11 Å². The molecule has 2 unspecified atom stereocenters. The number of rotatable bonds is 5. The molecule has 1 saturated carbocycles. The lowest BCUT2D eigenvalue weighted by molar-refractivity contribution is 0.311. The van der Waals surface area contributed by atoms with E-state index in [0.717, 1.165) is 23.1 Å². The quantitative estimate of drug-likeness (QED) is 0.863. The normalized spacial score (nSPS) is 22.8. The molecule has 3 nitrogen and oxygen atoms in total. The van der Waals surface area contributed by atoms with Gasteiger partial charge in [-0.15, -0.1) is 0 Å². The minimum atomic E-state index is 0.591. The van der Waals surface area contributed by atoms with Crippen LogP contribution in [0.3, 0.4) is 0 Å². The average molecular weight is 249 g/mol. The summed E-state index contributed by atoms with van der Waals surface area (Å²) in [6, 6.07) is 6.65. The molecule has 1 aromatic carbocycles. The summed E-state index contributed by atoms with van der Waals surface area (Å²) in [5, 5.41) is 3.61. The summed E-state index contributed by atoms with van der Waals surface area (Å²) >= 11 is 0. The lowest BCUT2D eigenvalue weighted by atomic mass is 10.1. The van der Waals surface area contributed by atoms with Gasteiger partial charge in [0.05, 0.1) is 13.7 Å². The van der Waals surface area contributed by atoms with Crippen molar-refractivity contribution in [3.63, 3.8) is 0 Å². The van der Waals surface area contributed by atoms with Crippen molar-refractivity contribution in [2.75, 3.05) is 19.0 Å². The van der Waals surface area contributed by atoms with Gasteiger partial charge in [0.2, 0.25) is 0 Å². The van der Waals surface area contributed by atoms with Crippen molar-refractivity contribution in [3.05, 3.63) is 18.2 Å². The van der Waals surface area contributed by atoms with Crippen molar-refractivity contribution in [2.45, 2.75) is 39.2 Å². The molecule has 0 radical (unpaired) electrons. The largest absolute Gasteiger partial charge is 0.493 e. The van der Waals surface area contributed by atoms with Crippen LogP contribution in [0.1, 0.15) is 33.1 Å². The van der Waals surface area contributed by atoms with E-state index in [9.17, 15) is 0 Å². The average Bonchev–Trinajstić information content (AvgIpc) is 2.76. The molecule has 0 bridgehead atoms. The SMILES string of the molecule is CCOc1cc(NC2CCCC2C)ccc1OC. The van der Waals surface area contributed by atoms with Crippen LogP contribution in [0.25, 0.3) is 0 Å². The molecule has 0 aromatic heterocycles. The van der Waals surface area contributed by atoms with Gasteiger partial charge in [0.15, 0.2) is 11.5 Å². The van der Waals surface area contributed by atoms with Crippen LogP contribution in [0.2, 0.25) is 0 Å². The van der Waals surface area contributed by atoms with Gasteiger partial charge < -0.3 is 14.8 Å². The first-order valence-corrected chi connectivity index (χ1v) is 6.82. The fourth-order valence-corrected chi connectivity index (χ4v) is 2.61. The number of methoxy groups -OCH3 is 1. The van der Waals surface area contributed by atoms with Crippen molar-refractivity contribution in [2.24, 2.45) is 5.92 Å². The molecule has 2 rings (SSSR count). The summed E-state index contributed by atoms with van der Waals surface area (Å²) in [7, 11) is 1.67. The predicted molar refractivity (Wildman–Crippen MR) is 74.6 cm³/mol. The van der Waals surface area contributed by atoms with E-state index in [1.807, 2.05) is 19.1 Å². The summed E-state index contributed by atoms with van der Waals surface area (Å²) in [4.78, 5) is 0. The molecule has 0 heterocycles. The zero-order chi connectivity index (χ0) is 13.0. The van der Waals surface area contributed by atoms with Gasteiger partial charge in [0.25, 0.3) is 0 Å². The van der Waals surface area contributed by atoms with Crippen LogP contribution in [-0.2, 0) is 0 Å². The highest BCUT2D eigenvalue weighted by molar-refractivity contribution is 5.55. The first-order valence-electron chi connectivity index (χ1n) is 6.82. The minimum absolute atomic E-state index is 0.591. The maximum absolute atomic E-state index is 5.59. The first kappa shape index (κ1) is 13.1. The highest BCUT2D eigenvalue weighted by Gasteiger charge is 2.23. The lowest BCUT2D eigenvalue weighted by Crippen LogP contribution is -2.21. The third-order valence-electron chi connectivity index (χ3n) is 3.68. The second kappa shape index (κ2) is 5.98. The zero-order valence-corrected chi connectivity index (χ0v) is 11.5.